The second-order valence-electron chi connectivity index (χ2n) is 5.18. The zero-order valence-electron chi connectivity index (χ0n) is 12.1. The number of ether oxygens (including phenoxy) is 1. The van der Waals surface area contributed by atoms with Crippen LogP contribution in [0.25, 0.3) is 0 Å². The number of nitrogens with one attached hydrogen (secondary N) is 1. The Kier molecular flexibility index (Phi) is 5.25. The molecule has 0 saturated carbocycles. The minimum Gasteiger partial charge on any atom is -0.452 e. The summed E-state index contributed by atoms with van der Waals surface area (Å²) in [6.45, 7) is 1.44. The summed E-state index contributed by atoms with van der Waals surface area (Å²) in [6, 6.07) is 3.01. The lowest BCUT2D eigenvalue weighted by Crippen LogP contribution is -2.32. The van der Waals surface area contributed by atoms with Gasteiger partial charge in [0.25, 0.3) is 5.91 Å². The Bertz CT molecular complexity index is 601. The number of carbonyl (C=O) groups excluding carboxylic acids is 2. The van der Waals surface area contributed by atoms with E-state index in [9.17, 15) is 18.4 Å². The normalized spacial score (nSPS) is 18.6. The third-order valence-corrected chi connectivity index (χ3v) is 3.45. The third-order valence-electron chi connectivity index (χ3n) is 3.45. The van der Waals surface area contributed by atoms with Crippen molar-refractivity contribution in [2.75, 3.05) is 5.32 Å². The summed E-state index contributed by atoms with van der Waals surface area (Å²) < 4.78 is 31.0. The highest BCUT2D eigenvalue weighted by Gasteiger charge is 2.25. The maximum absolute atomic E-state index is 13.1. The van der Waals surface area contributed by atoms with E-state index in [4.69, 9.17) is 4.74 Å². The van der Waals surface area contributed by atoms with Crippen LogP contribution in [0.1, 0.15) is 26.2 Å². The lowest BCUT2D eigenvalue weighted by atomic mass is 9.95. The molecular weight excluding hydrogens is 292 g/mol. The van der Waals surface area contributed by atoms with Crippen molar-refractivity contribution in [1.29, 1.82) is 0 Å². The van der Waals surface area contributed by atoms with E-state index in [1.54, 1.807) is 0 Å². The molecule has 1 N–H and O–H groups in total. The van der Waals surface area contributed by atoms with Crippen molar-refractivity contribution in [3.05, 3.63) is 42.0 Å². The lowest BCUT2D eigenvalue weighted by Gasteiger charge is -2.19. The van der Waals surface area contributed by atoms with Gasteiger partial charge in [0.05, 0.1) is 5.92 Å². The molecular formula is C16H17F2NO3. The van der Waals surface area contributed by atoms with E-state index in [-0.39, 0.29) is 11.6 Å². The number of hydrogen-bond donors (Lipinski definition) is 1. The number of hydrogen-bond acceptors (Lipinski definition) is 3. The number of esters is 1. The Labute approximate surface area is 127 Å². The molecule has 0 radical (unpaired) electrons. The van der Waals surface area contributed by atoms with Crippen molar-refractivity contribution in [2.45, 2.75) is 32.3 Å². The van der Waals surface area contributed by atoms with Crippen LogP contribution in [0.3, 0.4) is 0 Å². The van der Waals surface area contributed by atoms with Gasteiger partial charge in [-0.1, -0.05) is 12.2 Å². The molecule has 2 rings (SSSR count). The Hall–Kier alpha value is -2.24. The molecule has 1 amide bonds. The van der Waals surface area contributed by atoms with Crippen LogP contribution in [0.2, 0.25) is 0 Å². The first kappa shape index (κ1) is 16.1. The van der Waals surface area contributed by atoms with Crippen LogP contribution in [0.5, 0.6) is 0 Å². The second kappa shape index (κ2) is 7.15. The van der Waals surface area contributed by atoms with Gasteiger partial charge in [0.1, 0.15) is 0 Å². The summed E-state index contributed by atoms with van der Waals surface area (Å²) in [5.41, 5.74) is 0.104. The van der Waals surface area contributed by atoms with Crippen molar-refractivity contribution in [1.82, 2.24) is 0 Å². The van der Waals surface area contributed by atoms with Crippen LogP contribution >= 0.6 is 0 Å². The Balaban J connectivity index is 1.89. The molecule has 1 aliphatic rings. The van der Waals surface area contributed by atoms with E-state index < -0.39 is 29.6 Å². The summed E-state index contributed by atoms with van der Waals surface area (Å²) in [5, 5.41) is 2.38. The molecule has 0 unspecified atom stereocenters. The average molecular weight is 309 g/mol. The lowest BCUT2D eigenvalue weighted by molar-refractivity contribution is -0.157. The predicted molar refractivity (Wildman–Crippen MR) is 77.0 cm³/mol. The van der Waals surface area contributed by atoms with Crippen molar-refractivity contribution in [3.63, 3.8) is 0 Å². The maximum Gasteiger partial charge on any atom is 0.310 e. The summed E-state index contributed by atoms with van der Waals surface area (Å²) in [6.07, 6.45) is 5.04. The van der Waals surface area contributed by atoms with Crippen LogP contribution in [-0.2, 0) is 14.3 Å². The highest BCUT2D eigenvalue weighted by atomic mass is 19.2. The monoisotopic (exact) mass is 309 g/mol. The molecule has 0 aromatic heterocycles. The van der Waals surface area contributed by atoms with Gasteiger partial charge in [-0.25, -0.2) is 8.78 Å². The van der Waals surface area contributed by atoms with Crippen LogP contribution in [0.15, 0.2) is 30.4 Å². The second-order valence-corrected chi connectivity index (χ2v) is 5.18. The fraction of sp³-hybridized carbons (Fsp3) is 0.375. The fourth-order valence-electron chi connectivity index (χ4n) is 2.15. The van der Waals surface area contributed by atoms with Crippen LogP contribution in [-0.4, -0.2) is 18.0 Å². The summed E-state index contributed by atoms with van der Waals surface area (Å²) in [7, 11) is 0. The maximum atomic E-state index is 13.1. The zero-order chi connectivity index (χ0) is 16.1. The van der Waals surface area contributed by atoms with E-state index in [1.165, 1.54) is 13.0 Å². The van der Waals surface area contributed by atoms with E-state index in [0.717, 1.165) is 18.6 Å². The predicted octanol–water partition coefficient (Wildman–Crippen LogP) is 3.19. The SMILES string of the molecule is C[C@H](OC(=O)[C@@H]1CC=CCC1)C(=O)Nc1ccc(F)c(F)c1. The van der Waals surface area contributed by atoms with Crippen LogP contribution < -0.4 is 5.32 Å². The number of allylic oxidation sites excluding steroid dienone is 2. The molecule has 118 valence electrons. The van der Waals surface area contributed by atoms with E-state index in [1.807, 2.05) is 12.2 Å². The summed E-state index contributed by atoms with van der Waals surface area (Å²) in [5.74, 6) is -3.30. The van der Waals surface area contributed by atoms with Crippen molar-refractivity contribution < 1.29 is 23.1 Å². The van der Waals surface area contributed by atoms with Crippen molar-refractivity contribution >= 4 is 17.6 Å². The molecule has 0 heterocycles. The number of rotatable bonds is 4. The van der Waals surface area contributed by atoms with Gasteiger partial charge in [-0.05, 0) is 38.3 Å². The first-order valence-electron chi connectivity index (χ1n) is 7.09. The fourth-order valence-corrected chi connectivity index (χ4v) is 2.15. The first-order chi connectivity index (χ1) is 10.5. The molecule has 0 fully saturated rings. The molecule has 2 atom stereocenters. The van der Waals surface area contributed by atoms with Gasteiger partial charge < -0.3 is 10.1 Å². The van der Waals surface area contributed by atoms with Crippen LogP contribution in [0.4, 0.5) is 14.5 Å². The zero-order valence-corrected chi connectivity index (χ0v) is 12.1. The molecule has 0 saturated heterocycles. The Morgan fingerprint density at radius 3 is 2.68 bits per heavy atom. The van der Waals surface area contributed by atoms with Gasteiger partial charge in [0.15, 0.2) is 17.7 Å². The molecule has 1 aromatic carbocycles. The highest BCUT2D eigenvalue weighted by Crippen LogP contribution is 2.20. The molecule has 0 bridgehead atoms. The molecule has 1 aromatic rings. The van der Waals surface area contributed by atoms with Gasteiger partial charge in [0.2, 0.25) is 0 Å². The Morgan fingerprint density at radius 1 is 1.27 bits per heavy atom. The average Bonchev–Trinajstić information content (AvgIpc) is 2.51. The van der Waals surface area contributed by atoms with Gasteiger partial charge in [-0.15, -0.1) is 0 Å². The van der Waals surface area contributed by atoms with Gasteiger partial charge >= 0.3 is 5.97 Å². The minimum atomic E-state index is -1.06. The summed E-state index contributed by atoms with van der Waals surface area (Å²) in [4.78, 5) is 23.8. The number of benzene rings is 1. The van der Waals surface area contributed by atoms with Gasteiger partial charge in [0, 0.05) is 11.8 Å². The number of carbonyl (C=O) groups is 2. The largest absolute Gasteiger partial charge is 0.452 e. The van der Waals surface area contributed by atoms with Crippen LogP contribution in [0, 0.1) is 17.6 Å². The quantitative estimate of drug-likeness (QED) is 0.686. The molecule has 0 spiro atoms. The molecule has 0 aliphatic heterocycles. The highest BCUT2D eigenvalue weighted by molar-refractivity contribution is 5.95. The topological polar surface area (TPSA) is 55.4 Å². The molecule has 6 heteroatoms. The minimum absolute atomic E-state index is 0.104. The van der Waals surface area contributed by atoms with Gasteiger partial charge in [-0.2, -0.15) is 0 Å². The number of halogens is 2. The van der Waals surface area contributed by atoms with E-state index in [2.05, 4.69) is 5.32 Å². The molecule has 1 aliphatic carbocycles. The standard InChI is InChI=1S/C16H17F2NO3/c1-10(22-16(21)11-5-3-2-4-6-11)15(20)19-12-7-8-13(17)14(18)9-12/h2-3,7-11H,4-6H2,1H3,(H,19,20)/t10-,11+/m0/s1. The van der Waals surface area contributed by atoms with Gasteiger partial charge in [-0.3, -0.25) is 9.59 Å². The summed E-state index contributed by atoms with van der Waals surface area (Å²) >= 11 is 0. The molecule has 22 heavy (non-hydrogen) atoms. The molecule has 4 nitrogen and oxygen atoms in total. The Morgan fingerprint density at radius 2 is 2.05 bits per heavy atom. The van der Waals surface area contributed by atoms with E-state index in [0.29, 0.717) is 12.8 Å². The number of amides is 1. The van der Waals surface area contributed by atoms with Crippen molar-refractivity contribution in [2.24, 2.45) is 5.92 Å². The smallest absolute Gasteiger partial charge is 0.310 e. The number of anilines is 1. The van der Waals surface area contributed by atoms with E-state index >= 15 is 0 Å². The van der Waals surface area contributed by atoms with Crippen molar-refractivity contribution in [3.8, 4) is 0 Å². The first-order valence-corrected chi connectivity index (χ1v) is 7.09. The third kappa shape index (κ3) is 4.13.